The molecule has 0 fully saturated rings. The first kappa shape index (κ1) is 10.7. The molecule has 0 N–H and O–H groups in total. The molecule has 0 aliphatic heterocycles. The molecule has 0 radical (unpaired) electrons. The Morgan fingerprint density at radius 3 is 2.21 bits per heavy atom. The Labute approximate surface area is 84.2 Å². The van der Waals surface area contributed by atoms with Crippen LogP contribution >= 0.6 is 0 Å². The van der Waals surface area contributed by atoms with E-state index in [2.05, 4.69) is 0 Å². The summed E-state index contributed by atoms with van der Waals surface area (Å²) < 4.78 is 13.4. The minimum absolute atomic E-state index is 0.0837. The van der Waals surface area contributed by atoms with E-state index in [1.165, 1.54) is 6.07 Å². The zero-order valence-corrected chi connectivity index (χ0v) is 8.98. The minimum atomic E-state index is -0.419. The van der Waals surface area contributed by atoms with Crippen LogP contribution in [-0.2, 0) is 5.41 Å². The van der Waals surface area contributed by atoms with Crippen LogP contribution in [0.2, 0.25) is 0 Å². The fraction of sp³-hybridized carbons (Fsp3) is 0.417. The predicted molar refractivity (Wildman–Crippen MR) is 54.6 cm³/mol. The topological polar surface area (TPSA) is 23.8 Å². The number of halogens is 1. The molecule has 0 spiro atoms. The average Bonchev–Trinajstić information content (AvgIpc) is 2.01. The first-order valence-corrected chi connectivity index (χ1v) is 4.57. The number of benzene rings is 1. The van der Waals surface area contributed by atoms with Gasteiger partial charge >= 0.3 is 0 Å². The van der Waals surface area contributed by atoms with E-state index in [0.29, 0.717) is 5.56 Å². The van der Waals surface area contributed by atoms with Gasteiger partial charge in [-0.05, 0) is 29.5 Å². The van der Waals surface area contributed by atoms with E-state index in [-0.39, 0.29) is 11.0 Å². The van der Waals surface area contributed by atoms with Crippen molar-refractivity contribution in [2.24, 2.45) is 0 Å². The second-order valence-corrected chi connectivity index (χ2v) is 4.51. The molecule has 0 saturated heterocycles. The molecule has 1 rings (SSSR count). The molecule has 14 heavy (non-hydrogen) atoms. The Balaban J connectivity index is 3.37. The summed E-state index contributed by atoms with van der Waals surface area (Å²) in [6, 6.07) is 5.19. The SMILES string of the molecule is Cc1cc(C(C)(C)C)cc(F)c1C#N. The van der Waals surface area contributed by atoms with Gasteiger partial charge in [0.2, 0.25) is 0 Å². The van der Waals surface area contributed by atoms with Gasteiger partial charge in [0, 0.05) is 0 Å². The van der Waals surface area contributed by atoms with Gasteiger partial charge in [0.1, 0.15) is 11.9 Å². The van der Waals surface area contributed by atoms with Crippen LogP contribution in [0.3, 0.4) is 0 Å². The largest absolute Gasteiger partial charge is 0.206 e. The molecule has 0 unspecified atom stereocenters. The Bertz CT molecular complexity index is 371. The van der Waals surface area contributed by atoms with Gasteiger partial charge < -0.3 is 0 Å². The average molecular weight is 191 g/mol. The third-order valence-corrected chi connectivity index (χ3v) is 2.27. The van der Waals surface area contributed by atoms with Gasteiger partial charge in [-0.15, -0.1) is 0 Å². The minimum Gasteiger partial charge on any atom is -0.206 e. The molecule has 0 aliphatic carbocycles. The Kier molecular flexibility index (Phi) is 2.62. The summed E-state index contributed by atoms with van der Waals surface area (Å²) in [5, 5.41) is 8.70. The molecule has 1 aromatic rings. The van der Waals surface area contributed by atoms with Gasteiger partial charge in [-0.1, -0.05) is 26.8 Å². The van der Waals surface area contributed by atoms with Crippen molar-refractivity contribution in [3.63, 3.8) is 0 Å². The van der Waals surface area contributed by atoms with Crippen LogP contribution in [0.5, 0.6) is 0 Å². The number of hydrogen-bond donors (Lipinski definition) is 0. The highest BCUT2D eigenvalue weighted by molar-refractivity contribution is 5.42. The second-order valence-electron chi connectivity index (χ2n) is 4.51. The quantitative estimate of drug-likeness (QED) is 0.617. The highest BCUT2D eigenvalue weighted by Gasteiger charge is 2.17. The van der Waals surface area contributed by atoms with Crippen molar-refractivity contribution in [1.82, 2.24) is 0 Å². The Morgan fingerprint density at radius 1 is 1.29 bits per heavy atom. The van der Waals surface area contributed by atoms with Crippen molar-refractivity contribution in [3.05, 3.63) is 34.6 Å². The van der Waals surface area contributed by atoms with Crippen LogP contribution in [0, 0.1) is 24.1 Å². The molecule has 0 aromatic heterocycles. The van der Waals surface area contributed by atoms with Crippen molar-refractivity contribution in [1.29, 1.82) is 5.26 Å². The van der Waals surface area contributed by atoms with E-state index in [1.807, 2.05) is 32.9 Å². The van der Waals surface area contributed by atoms with Crippen LogP contribution in [-0.4, -0.2) is 0 Å². The molecule has 1 aromatic carbocycles. The lowest BCUT2D eigenvalue weighted by Gasteiger charge is -2.20. The summed E-state index contributed by atoms with van der Waals surface area (Å²) in [5.74, 6) is -0.419. The number of aryl methyl sites for hydroxylation is 1. The smallest absolute Gasteiger partial charge is 0.141 e. The molecular formula is C12H14FN. The molecular weight excluding hydrogens is 177 g/mol. The molecule has 0 amide bonds. The van der Waals surface area contributed by atoms with Crippen molar-refractivity contribution in [3.8, 4) is 6.07 Å². The molecule has 0 bridgehead atoms. The van der Waals surface area contributed by atoms with Crippen LogP contribution in [0.15, 0.2) is 12.1 Å². The van der Waals surface area contributed by atoms with E-state index in [4.69, 9.17) is 5.26 Å². The molecule has 0 aliphatic rings. The van der Waals surface area contributed by atoms with E-state index < -0.39 is 5.82 Å². The van der Waals surface area contributed by atoms with E-state index >= 15 is 0 Å². The second kappa shape index (κ2) is 3.42. The zero-order chi connectivity index (χ0) is 10.9. The number of rotatable bonds is 0. The first-order chi connectivity index (χ1) is 6.36. The number of nitrogens with zero attached hydrogens (tertiary/aromatic N) is 1. The lowest BCUT2D eigenvalue weighted by Crippen LogP contribution is -2.12. The fourth-order valence-corrected chi connectivity index (χ4v) is 1.32. The van der Waals surface area contributed by atoms with Gasteiger partial charge in [0.15, 0.2) is 0 Å². The van der Waals surface area contributed by atoms with Crippen molar-refractivity contribution >= 4 is 0 Å². The van der Waals surface area contributed by atoms with Crippen molar-refractivity contribution < 1.29 is 4.39 Å². The van der Waals surface area contributed by atoms with Gasteiger partial charge in [-0.2, -0.15) is 5.26 Å². The molecule has 0 atom stereocenters. The van der Waals surface area contributed by atoms with Crippen LogP contribution < -0.4 is 0 Å². The molecule has 0 saturated carbocycles. The predicted octanol–water partition coefficient (Wildman–Crippen LogP) is 3.30. The van der Waals surface area contributed by atoms with Gasteiger partial charge in [0.25, 0.3) is 0 Å². The highest BCUT2D eigenvalue weighted by Crippen LogP contribution is 2.25. The molecule has 0 heterocycles. The summed E-state index contributed by atoms with van der Waals surface area (Å²) in [7, 11) is 0. The lowest BCUT2D eigenvalue weighted by atomic mass is 9.85. The summed E-state index contributed by atoms with van der Waals surface area (Å²) in [6.07, 6.45) is 0. The van der Waals surface area contributed by atoms with E-state index in [9.17, 15) is 4.39 Å². The van der Waals surface area contributed by atoms with Crippen LogP contribution in [0.1, 0.15) is 37.5 Å². The van der Waals surface area contributed by atoms with E-state index in [1.54, 1.807) is 6.92 Å². The van der Waals surface area contributed by atoms with Gasteiger partial charge in [-0.3, -0.25) is 0 Å². The monoisotopic (exact) mass is 191 g/mol. The van der Waals surface area contributed by atoms with Crippen molar-refractivity contribution in [2.75, 3.05) is 0 Å². The molecule has 74 valence electrons. The Hall–Kier alpha value is -1.36. The summed E-state index contributed by atoms with van der Waals surface area (Å²) in [4.78, 5) is 0. The van der Waals surface area contributed by atoms with Gasteiger partial charge in [0.05, 0.1) is 5.56 Å². The summed E-state index contributed by atoms with van der Waals surface area (Å²) in [6.45, 7) is 7.82. The number of hydrogen-bond acceptors (Lipinski definition) is 1. The highest BCUT2D eigenvalue weighted by atomic mass is 19.1. The zero-order valence-electron chi connectivity index (χ0n) is 8.98. The third-order valence-electron chi connectivity index (χ3n) is 2.27. The lowest BCUT2D eigenvalue weighted by molar-refractivity contribution is 0.569. The first-order valence-electron chi connectivity index (χ1n) is 4.57. The standard InChI is InChI=1S/C12H14FN/c1-8-5-9(12(2,3)4)6-11(13)10(8)7-14/h5-6H,1-4H3. The number of nitriles is 1. The van der Waals surface area contributed by atoms with Crippen LogP contribution in [0.4, 0.5) is 4.39 Å². The van der Waals surface area contributed by atoms with Crippen molar-refractivity contribution in [2.45, 2.75) is 33.1 Å². The fourth-order valence-electron chi connectivity index (χ4n) is 1.32. The maximum absolute atomic E-state index is 13.4. The maximum atomic E-state index is 13.4. The normalized spacial score (nSPS) is 11.1. The van der Waals surface area contributed by atoms with Crippen LogP contribution in [0.25, 0.3) is 0 Å². The van der Waals surface area contributed by atoms with E-state index in [0.717, 1.165) is 5.56 Å². The third kappa shape index (κ3) is 1.93. The maximum Gasteiger partial charge on any atom is 0.141 e. The molecule has 2 heteroatoms. The summed E-state index contributed by atoms with van der Waals surface area (Å²) in [5.41, 5.74) is 1.70. The Morgan fingerprint density at radius 2 is 1.86 bits per heavy atom. The summed E-state index contributed by atoms with van der Waals surface area (Å²) >= 11 is 0. The van der Waals surface area contributed by atoms with Gasteiger partial charge in [-0.25, -0.2) is 4.39 Å². The molecule has 1 nitrogen and oxygen atoms in total.